The van der Waals surface area contributed by atoms with Crippen LogP contribution in [0.5, 0.6) is 0 Å². The van der Waals surface area contributed by atoms with Gasteiger partial charge >= 0.3 is 0 Å². The molecule has 1 aromatic heterocycles. The summed E-state index contributed by atoms with van der Waals surface area (Å²) in [6, 6.07) is 53.0. The molecule has 6 heteroatoms. The van der Waals surface area contributed by atoms with Gasteiger partial charge in [-0.05, 0) is 69.8 Å². The van der Waals surface area contributed by atoms with Crippen LogP contribution in [0.2, 0.25) is 0 Å². The van der Waals surface area contributed by atoms with Gasteiger partial charge in [-0.1, -0.05) is 133 Å². The van der Waals surface area contributed by atoms with Gasteiger partial charge in [-0.15, -0.1) is 0 Å². The normalized spacial score (nSPS) is 10.9. The Balaban J connectivity index is 1.27. The van der Waals surface area contributed by atoms with Crippen molar-refractivity contribution in [2.75, 3.05) is 0 Å². The lowest BCUT2D eigenvalue weighted by Gasteiger charge is -2.14. The van der Waals surface area contributed by atoms with Gasteiger partial charge in [0, 0.05) is 16.7 Å². The van der Waals surface area contributed by atoms with Crippen molar-refractivity contribution in [1.82, 2.24) is 15.0 Å². The van der Waals surface area contributed by atoms with E-state index in [0.717, 1.165) is 50.1 Å². The molecule has 236 valence electrons. The minimum absolute atomic E-state index is 0.294. The molecule has 0 radical (unpaired) electrons. The van der Waals surface area contributed by atoms with Crippen LogP contribution in [-0.2, 0) is 0 Å². The van der Waals surface area contributed by atoms with Crippen molar-refractivity contribution in [3.05, 3.63) is 187 Å². The van der Waals surface area contributed by atoms with Crippen molar-refractivity contribution in [1.29, 1.82) is 16.1 Å². The number of nitriles is 1. The van der Waals surface area contributed by atoms with Crippen molar-refractivity contribution in [3.63, 3.8) is 0 Å². The Kier molecular flexibility index (Phi) is 9.04. The molecule has 0 aliphatic rings. The first-order valence-electron chi connectivity index (χ1n) is 16.1. The standard InChI is InChI=1S/C44H30N6/c45-29-30-22-23-38(34-18-10-20-36(27-34)41(47)25-24-40(46)31-12-4-1-5-13-31)39(26-30)35-19-11-21-37(28-35)44-49-42(32-14-6-2-7-15-32)48-43(50-44)33-16-8-3-9-17-33/h1-28,46-47H/b25-24-,46-40?,47-41?. The SMILES string of the molecule is N#Cc1ccc(-c2cccc(C(=N)/C=C\C(=N)c3ccccc3)c2)c(-c2cccc(-c3nc(-c4ccccc4)nc(-c4ccccc4)n3)c2)c1. The molecule has 0 spiro atoms. The number of benzene rings is 6. The van der Waals surface area contributed by atoms with Crippen LogP contribution in [0.1, 0.15) is 16.7 Å². The van der Waals surface area contributed by atoms with E-state index in [0.29, 0.717) is 34.5 Å². The molecule has 7 rings (SSSR count). The van der Waals surface area contributed by atoms with Crippen LogP contribution in [0.4, 0.5) is 0 Å². The zero-order valence-corrected chi connectivity index (χ0v) is 27.0. The van der Waals surface area contributed by atoms with Crippen LogP contribution >= 0.6 is 0 Å². The van der Waals surface area contributed by atoms with Gasteiger partial charge < -0.3 is 10.8 Å². The van der Waals surface area contributed by atoms with E-state index in [9.17, 15) is 5.26 Å². The first-order valence-corrected chi connectivity index (χ1v) is 16.1. The third-order valence-electron chi connectivity index (χ3n) is 8.27. The molecule has 0 amide bonds. The average Bonchev–Trinajstić information content (AvgIpc) is 3.20. The molecule has 0 fully saturated rings. The molecule has 0 saturated heterocycles. The summed E-state index contributed by atoms with van der Waals surface area (Å²) in [5.74, 6) is 1.71. The lowest BCUT2D eigenvalue weighted by molar-refractivity contribution is 1.07. The minimum atomic E-state index is 0.294. The van der Waals surface area contributed by atoms with Crippen LogP contribution in [0, 0.1) is 22.1 Å². The Morgan fingerprint density at radius 1 is 0.440 bits per heavy atom. The monoisotopic (exact) mass is 642 g/mol. The molecule has 0 bridgehead atoms. The van der Waals surface area contributed by atoms with Crippen molar-refractivity contribution < 1.29 is 0 Å². The third kappa shape index (κ3) is 6.93. The summed E-state index contributed by atoms with van der Waals surface area (Å²) >= 11 is 0. The first kappa shape index (κ1) is 31.5. The number of nitrogens with one attached hydrogen (secondary N) is 2. The topological polar surface area (TPSA) is 110 Å². The number of hydrogen-bond acceptors (Lipinski definition) is 6. The highest BCUT2D eigenvalue weighted by Gasteiger charge is 2.15. The molecule has 6 nitrogen and oxygen atoms in total. The summed E-state index contributed by atoms with van der Waals surface area (Å²) in [7, 11) is 0. The molecule has 1 heterocycles. The van der Waals surface area contributed by atoms with Crippen molar-refractivity contribution >= 4 is 11.4 Å². The van der Waals surface area contributed by atoms with Crippen LogP contribution in [-0.4, -0.2) is 26.4 Å². The van der Waals surface area contributed by atoms with Gasteiger partial charge in [0.15, 0.2) is 17.5 Å². The second-order valence-electron chi connectivity index (χ2n) is 11.6. The second kappa shape index (κ2) is 14.3. The molecule has 6 aromatic carbocycles. The van der Waals surface area contributed by atoms with Gasteiger partial charge in [0.2, 0.25) is 0 Å². The molecule has 0 atom stereocenters. The number of hydrogen-bond donors (Lipinski definition) is 2. The van der Waals surface area contributed by atoms with Crippen LogP contribution < -0.4 is 0 Å². The van der Waals surface area contributed by atoms with Crippen molar-refractivity contribution in [2.45, 2.75) is 0 Å². The highest BCUT2D eigenvalue weighted by Crippen LogP contribution is 2.35. The summed E-state index contributed by atoms with van der Waals surface area (Å²) < 4.78 is 0. The van der Waals surface area contributed by atoms with Gasteiger partial charge in [0.1, 0.15) is 0 Å². The summed E-state index contributed by atoms with van der Waals surface area (Å²) in [6.07, 6.45) is 3.30. The van der Waals surface area contributed by atoms with Crippen molar-refractivity contribution in [2.24, 2.45) is 0 Å². The van der Waals surface area contributed by atoms with E-state index in [1.165, 1.54) is 0 Å². The van der Waals surface area contributed by atoms with Crippen LogP contribution in [0.3, 0.4) is 0 Å². The van der Waals surface area contributed by atoms with Gasteiger partial charge in [0.25, 0.3) is 0 Å². The number of aromatic nitrogens is 3. The fourth-order valence-electron chi connectivity index (χ4n) is 5.70. The van der Waals surface area contributed by atoms with E-state index in [1.807, 2.05) is 158 Å². The second-order valence-corrected chi connectivity index (χ2v) is 11.6. The summed E-state index contributed by atoms with van der Waals surface area (Å²) in [4.78, 5) is 14.6. The van der Waals surface area contributed by atoms with E-state index in [-0.39, 0.29) is 0 Å². The maximum Gasteiger partial charge on any atom is 0.164 e. The summed E-state index contributed by atoms with van der Waals surface area (Å²) in [5.41, 5.74) is 8.88. The molecular weight excluding hydrogens is 613 g/mol. The van der Waals surface area contributed by atoms with Gasteiger partial charge in [0.05, 0.1) is 23.1 Å². The van der Waals surface area contributed by atoms with E-state index < -0.39 is 0 Å². The van der Waals surface area contributed by atoms with Gasteiger partial charge in [-0.25, -0.2) is 15.0 Å². The highest BCUT2D eigenvalue weighted by atomic mass is 15.0. The van der Waals surface area contributed by atoms with E-state index >= 15 is 0 Å². The minimum Gasteiger partial charge on any atom is -0.300 e. The predicted octanol–water partition coefficient (Wildman–Crippen LogP) is 10.1. The number of allylic oxidation sites excluding steroid dienone is 2. The smallest absolute Gasteiger partial charge is 0.164 e. The van der Waals surface area contributed by atoms with E-state index in [4.69, 9.17) is 25.8 Å². The summed E-state index contributed by atoms with van der Waals surface area (Å²) in [6.45, 7) is 0. The molecule has 0 aliphatic carbocycles. The van der Waals surface area contributed by atoms with Gasteiger partial charge in [-0.2, -0.15) is 5.26 Å². The molecule has 0 unspecified atom stereocenters. The Hall–Kier alpha value is -7.10. The Labute approximate surface area is 290 Å². The Morgan fingerprint density at radius 3 is 1.50 bits per heavy atom. The molecule has 0 saturated carbocycles. The van der Waals surface area contributed by atoms with Gasteiger partial charge in [-0.3, -0.25) is 0 Å². The number of nitrogens with zero attached hydrogens (tertiary/aromatic N) is 4. The largest absolute Gasteiger partial charge is 0.300 e. The maximum absolute atomic E-state index is 9.85. The quantitative estimate of drug-likeness (QED) is 0.153. The Bertz CT molecular complexity index is 2350. The lowest BCUT2D eigenvalue weighted by Crippen LogP contribution is -2.00. The fourth-order valence-corrected chi connectivity index (χ4v) is 5.70. The third-order valence-corrected chi connectivity index (χ3v) is 8.27. The number of rotatable bonds is 9. The molecule has 0 aliphatic heterocycles. The van der Waals surface area contributed by atoms with E-state index in [1.54, 1.807) is 12.2 Å². The summed E-state index contributed by atoms with van der Waals surface area (Å²) in [5, 5.41) is 27.0. The molecular formula is C44H30N6. The van der Waals surface area contributed by atoms with Crippen LogP contribution in [0.15, 0.2) is 170 Å². The predicted molar refractivity (Wildman–Crippen MR) is 201 cm³/mol. The lowest BCUT2D eigenvalue weighted by atomic mass is 9.91. The van der Waals surface area contributed by atoms with E-state index in [2.05, 4.69) is 6.07 Å². The molecule has 2 N–H and O–H groups in total. The fraction of sp³-hybridized carbons (Fsp3) is 0. The molecule has 50 heavy (non-hydrogen) atoms. The first-order chi connectivity index (χ1) is 24.6. The average molecular weight is 643 g/mol. The highest BCUT2D eigenvalue weighted by molar-refractivity contribution is 6.14. The Morgan fingerprint density at radius 2 is 0.900 bits per heavy atom. The zero-order valence-electron chi connectivity index (χ0n) is 27.0. The van der Waals surface area contributed by atoms with Crippen LogP contribution in [0.25, 0.3) is 56.4 Å². The maximum atomic E-state index is 9.85. The van der Waals surface area contributed by atoms with Crippen molar-refractivity contribution in [3.8, 4) is 62.5 Å². The molecule has 7 aromatic rings. The zero-order chi connectivity index (χ0) is 34.3.